The van der Waals surface area contributed by atoms with Crippen LogP contribution in [0.3, 0.4) is 0 Å². The summed E-state index contributed by atoms with van der Waals surface area (Å²) in [5.41, 5.74) is 4.30. The maximum Gasteiger partial charge on any atom is 1.00 e. The molecule has 12 rings (SSSR count). The smallest absolute Gasteiger partial charge is 0.870 e. The molecule has 3 aromatic carbocycles. The number of methoxy groups -OCH3 is 3. The van der Waals surface area contributed by atoms with Gasteiger partial charge in [-0.15, -0.1) is 0 Å². The summed E-state index contributed by atoms with van der Waals surface area (Å²) in [5.74, 6) is 0.535. The van der Waals surface area contributed by atoms with Crippen LogP contribution in [0.15, 0.2) is 87.6 Å². The second kappa shape index (κ2) is 38.9. The zero-order valence-electron chi connectivity index (χ0n) is 74.6. The number of fused-ring (bicyclic) bond motifs is 18. The fourth-order valence-electron chi connectivity index (χ4n) is 15.6. The van der Waals surface area contributed by atoms with Crippen LogP contribution in [0.5, 0.6) is 34.5 Å². The van der Waals surface area contributed by atoms with Crippen molar-refractivity contribution in [1.29, 1.82) is 0 Å². The minimum absolute atomic E-state index is 0. The van der Waals surface area contributed by atoms with E-state index in [4.69, 9.17) is 56.8 Å². The SMILES string of the molecule is CCOC(=O)c1cn2c(cc1=O)-c1cc(O)c(OCCCOC)cc1[C@@H]1CCC(C)(C)N12.CCOC(=O)c1cn2c(cc1=O)-c1cc(OC(C)(C)C)c(OCCCOC)cc1[C@@H]1CCC(C)(C)N12.CN(C)C(OC(C)(C)C)OC(C)(C)C.COCCCOc1cc2c(cc1OC(C)(C)C)-c1cc(=O)c(C(=O)O)cn1N1[C@H]2CCC1(C)C.[Li+].[OH-]. The molecule has 3 saturated heterocycles. The van der Waals surface area contributed by atoms with E-state index in [-0.39, 0.29) is 118 Å². The Balaban J connectivity index is 0.000000224. The fourth-order valence-corrected chi connectivity index (χ4v) is 15.6. The number of esters is 2. The summed E-state index contributed by atoms with van der Waals surface area (Å²) in [6.45, 7) is 44.0. The number of nitrogens with zero attached hydrogens (tertiary/aromatic N) is 7. The second-order valence-corrected chi connectivity index (χ2v) is 36.1. The van der Waals surface area contributed by atoms with E-state index < -0.39 is 40.0 Å². The first-order valence-electron chi connectivity index (χ1n) is 40.4. The molecule has 646 valence electrons. The molecule has 0 saturated carbocycles. The molecule has 9 heterocycles. The zero-order chi connectivity index (χ0) is 85.7. The molecule has 0 spiro atoms. The van der Waals surface area contributed by atoms with Gasteiger partial charge in [0, 0.05) is 114 Å². The predicted molar refractivity (Wildman–Crippen MR) is 450 cm³/mol. The zero-order valence-corrected chi connectivity index (χ0v) is 74.6. The normalized spacial score (nSPS) is 17.2. The van der Waals surface area contributed by atoms with Crippen molar-refractivity contribution < 1.29 is 106 Å². The first kappa shape index (κ1) is 96.6. The summed E-state index contributed by atoms with van der Waals surface area (Å²) >= 11 is 0. The third kappa shape index (κ3) is 22.7. The summed E-state index contributed by atoms with van der Waals surface area (Å²) in [4.78, 5) is 77.1. The van der Waals surface area contributed by atoms with Gasteiger partial charge in [0.25, 0.3) is 0 Å². The maximum atomic E-state index is 13.1. The van der Waals surface area contributed by atoms with Crippen molar-refractivity contribution in [3.05, 3.63) is 137 Å². The molecular weight excluding hydrogens is 1510 g/mol. The number of aromatic hydroxyl groups is 1. The number of carboxylic acids is 1. The van der Waals surface area contributed by atoms with Crippen LogP contribution in [0.4, 0.5) is 0 Å². The number of carbonyl (C=O) groups is 3. The van der Waals surface area contributed by atoms with Crippen molar-refractivity contribution in [3.63, 3.8) is 0 Å². The Kier molecular flexibility index (Phi) is 31.8. The van der Waals surface area contributed by atoms with E-state index in [1.807, 2.05) is 140 Å². The quantitative estimate of drug-likeness (QED) is 0.0233. The first-order valence-corrected chi connectivity index (χ1v) is 40.4. The van der Waals surface area contributed by atoms with Gasteiger partial charge in [-0.05, 0) is 244 Å². The molecule has 0 amide bonds. The monoisotopic (exact) mass is 1640 g/mol. The maximum absolute atomic E-state index is 13.1. The molecule has 29 heteroatoms. The standard InChI is InChI=1S/C28H38N2O6.C26H34N2O6.C24H30N2O6.C11H25NO2.Li.H2O/c1-8-34-26(32)20-17-29-22(16-23(20)31)19-15-25(36-27(2,3)4)24(35-13-9-12-33-7)14-18(19)21-10-11-28(5,6)30(21)29;1-25(2,3)34-23-13-17-16(12-22(23)33-11-7-10-32-6)19-8-9-26(4,5)28(19)27-15-18(24(30)31)21(29)14-20(17)27;1-5-31-23(29)17-14-25-19(13-20(17)27)15-11-21(28)22(32-10-6-9-30-4)12-16(15)18-7-8-24(2,3)26(18)25;1-10(2,3)13-9(12(7)8)14-11(4,5)6;;/h14-17,21H,8-13H2,1-7H3;12-15,19H,7-11H2,1-6H3,(H,30,31);11-14,18,28H,5-10H2,1-4H3;9H,1-8H3;;1H2/q;;;;+1;/p-1/t21-;19-;18-;;;/m000.../s1. The largest absolute Gasteiger partial charge is 1.00 e. The number of carboxylic acid groups (broad SMARTS) is 1. The number of hydrogen-bond acceptors (Lipinski definition) is 24. The van der Waals surface area contributed by atoms with Crippen LogP contribution in [0.2, 0.25) is 0 Å². The van der Waals surface area contributed by atoms with Gasteiger partial charge in [0.15, 0.2) is 50.8 Å². The summed E-state index contributed by atoms with van der Waals surface area (Å²) in [5, 5.41) is 26.9. The van der Waals surface area contributed by atoms with Gasteiger partial charge in [-0.25, -0.2) is 14.4 Å². The summed E-state index contributed by atoms with van der Waals surface area (Å²) in [7, 11) is 8.87. The second-order valence-electron chi connectivity index (χ2n) is 36.1. The number of benzene rings is 3. The number of aromatic carboxylic acids is 1. The van der Waals surface area contributed by atoms with Crippen molar-refractivity contribution in [1.82, 2.24) is 18.9 Å². The number of phenolic OH excluding ortho intramolecular Hbond substituents is 1. The van der Waals surface area contributed by atoms with Gasteiger partial charge >= 0.3 is 36.8 Å². The fraction of sp³-hybridized carbons (Fsp3) is 0.596. The topological polar surface area (TPSA) is 311 Å². The molecule has 0 aliphatic carbocycles. The number of ether oxygens (including phenoxy) is 12. The molecule has 0 unspecified atom stereocenters. The van der Waals surface area contributed by atoms with Gasteiger partial charge in [-0.2, -0.15) is 0 Å². The van der Waals surface area contributed by atoms with Crippen LogP contribution in [-0.2, 0) is 33.2 Å². The summed E-state index contributed by atoms with van der Waals surface area (Å²) in [6.07, 6.45) is 12.2. The molecule has 6 aliphatic heterocycles. The van der Waals surface area contributed by atoms with Gasteiger partial charge in [-0.3, -0.25) is 48.3 Å². The number of rotatable bonds is 25. The van der Waals surface area contributed by atoms with Crippen molar-refractivity contribution in [2.24, 2.45) is 0 Å². The molecular formula is C89H128LiN7O21. The van der Waals surface area contributed by atoms with Crippen LogP contribution >= 0.6 is 0 Å². The van der Waals surface area contributed by atoms with E-state index in [2.05, 4.69) is 62.6 Å². The molecule has 0 radical (unpaired) electrons. The molecule has 0 bridgehead atoms. The number of pyridine rings is 3. The molecule has 3 aromatic heterocycles. The van der Waals surface area contributed by atoms with E-state index >= 15 is 0 Å². The molecule has 118 heavy (non-hydrogen) atoms. The van der Waals surface area contributed by atoms with E-state index in [1.165, 1.54) is 24.4 Å². The van der Waals surface area contributed by atoms with Gasteiger partial charge in [0.1, 0.15) is 27.9 Å². The van der Waals surface area contributed by atoms with E-state index in [1.54, 1.807) is 53.6 Å². The average Bonchev–Trinajstić information content (AvgIpc) is 1.48. The summed E-state index contributed by atoms with van der Waals surface area (Å²) < 4.78 is 73.6. The third-order valence-corrected chi connectivity index (χ3v) is 20.5. The molecule has 3 fully saturated rings. The Morgan fingerprint density at radius 2 is 0.763 bits per heavy atom. The third-order valence-electron chi connectivity index (χ3n) is 20.5. The van der Waals surface area contributed by atoms with Crippen LogP contribution in [0, 0.1) is 0 Å². The molecule has 3 atom stereocenters. The predicted octanol–water partition coefficient (Wildman–Crippen LogP) is 11.9. The molecule has 6 aliphatic rings. The molecule has 3 N–H and O–H groups in total. The van der Waals surface area contributed by atoms with Crippen LogP contribution in [0.25, 0.3) is 33.8 Å². The van der Waals surface area contributed by atoms with Crippen molar-refractivity contribution in [2.45, 2.75) is 260 Å². The Bertz CT molecular complexity index is 4680. The van der Waals surface area contributed by atoms with Gasteiger partial charge in [0.2, 0.25) is 6.41 Å². The van der Waals surface area contributed by atoms with Crippen molar-refractivity contribution in [2.75, 3.05) is 103 Å². The van der Waals surface area contributed by atoms with E-state index in [9.17, 15) is 39.0 Å². The minimum atomic E-state index is -1.23. The number of carbonyl (C=O) groups excluding carboxylic acids is 2. The Morgan fingerprint density at radius 3 is 1.06 bits per heavy atom. The Morgan fingerprint density at radius 1 is 0.458 bits per heavy atom. The van der Waals surface area contributed by atoms with E-state index in [0.717, 1.165) is 90.4 Å². The summed E-state index contributed by atoms with van der Waals surface area (Å²) in [6, 6.07) is 16.0. The van der Waals surface area contributed by atoms with Crippen molar-refractivity contribution in [3.8, 4) is 68.3 Å². The average molecular weight is 1640 g/mol. The Labute approximate surface area is 707 Å². The van der Waals surface area contributed by atoms with Crippen LogP contribution < -0.4 is 73.9 Å². The first-order chi connectivity index (χ1) is 54.2. The van der Waals surface area contributed by atoms with Crippen LogP contribution in [0.1, 0.15) is 262 Å². The van der Waals surface area contributed by atoms with Crippen molar-refractivity contribution >= 4 is 17.9 Å². The molecule has 6 aromatic rings. The minimum Gasteiger partial charge on any atom is -0.870 e. The molecule has 28 nitrogen and oxygen atoms in total. The number of aromatic nitrogens is 3. The Hall–Kier alpha value is -8.56. The van der Waals surface area contributed by atoms with E-state index in [0.29, 0.717) is 86.2 Å². The number of hydrogen-bond donors (Lipinski definition) is 2. The number of phenols is 1. The van der Waals surface area contributed by atoms with Gasteiger partial charge in [0.05, 0.1) is 96.1 Å². The van der Waals surface area contributed by atoms with Gasteiger partial charge in [-0.1, -0.05) is 0 Å². The van der Waals surface area contributed by atoms with Gasteiger partial charge < -0.3 is 72.5 Å². The van der Waals surface area contributed by atoms with Crippen LogP contribution in [-0.4, -0.2) is 186 Å².